The number of allylic oxidation sites excluding steroid dienone is 2. The standard InChI is InChI=1S/C54H39N7/c1-3-24-55-48(4-2)43-29-41(30-44(35-43)49-21-11-14-25-56-49)39-28-40(42-31-45(50-22-12-15-26-57-50)36-46(32-42)51-23-13-16-27-58-51)34-47(33-39)54-60-52(37-17-7-5-8-18-37)59-53(61-54)38-19-9-6-10-20-38/h3-36H,2H2,1H3/b24-3-,55-48?. The van der Waals surface area contributed by atoms with Crippen molar-refractivity contribution in [1.29, 1.82) is 0 Å². The van der Waals surface area contributed by atoms with Gasteiger partial charge in [0, 0.05) is 63.7 Å². The molecule has 0 amide bonds. The summed E-state index contributed by atoms with van der Waals surface area (Å²) >= 11 is 0. The van der Waals surface area contributed by atoms with E-state index in [4.69, 9.17) is 34.9 Å². The van der Waals surface area contributed by atoms with Gasteiger partial charge in [-0.2, -0.15) is 0 Å². The molecule has 0 saturated heterocycles. The van der Waals surface area contributed by atoms with Crippen LogP contribution in [0.15, 0.2) is 218 Å². The molecular formula is C54H39N7. The topological polar surface area (TPSA) is 89.7 Å². The second-order valence-corrected chi connectivity index (χ2v) is 14.3. The fourth-order valence-corrected chi connectivity index (χ4v) is 7.21. The lowest BCUT2D eigenvalue weighted by atomic mass is 9.90. The van der Waals surface area contributed by atoms with Crippen molar-refractivity contribution in [2.45, 2.75) is 6.92 Å². The van der Waals surface area contributed by atoms with Crippen molar-refractivity contribution in [3.05, 3.63) is 219 Å². The molecule has 290 valence electrons. The summed E-state index contributed by atoms with van der Waals surface area (Å²) in [7, 11) is 0. The van der Waals surface area contributed by atoms with Crippen LogP contribution in [0.5, 0.6) is 0 Å². The first kappa shape index (κ1) is 38.2. The molecule has 7 nitrogen and oxygen atoms in total. The number of pyridine rings is 3. The van der Waals surface area contributed by atoms with E-state index in [2.05, 4.69) is 61.2 Å². The predicted octanol–water partition coefficient (Wildman–Crippen LogP) is 12.9. The number of hydrogen-bond acceptors (Lipinski definition) is 7. The normalized spacial score (nSPS) is 11.5. The Hall–Kier alpha value is -8.29. The van der Waals surface area contributed by atoms with Gasteiger partial charge >= 0.3 is 0 Å². The zero-order valence-corrected chi connectivity index (χ0v) is 33.5. The zero-order valence-electron chi connectivity index (χ0n) is 33.5. The number of aliphatic imine (C=N–C) groups is 1. The first-order chi connectivity index (χ1) is 30.1. The van der Waals surface area contributed by atoms with Gasteiger partial charge in [-0.1, -0.05) is 91.5 Å². The quantitative estimate of drug-likeness (QED) is 0.121. The van der Waals surface area contributed by atoms with Crippen LogP contribution in [0.4, 0.5) is 0 Å². The summed E-state index contributed by atoms with van der Waals surface area (Å²) in [5.74, 6) is 1.71. The maximum Gasteiger partial charge on any atom is 0.164 e. The third-order valence-corrected chi connectivity index (χ3v) is 10.2. The smallest absolute Gasteiger partial charge is 0.164 e. The fourth-order valence-electron chi connectivity index (χ4n) is 7.21. The summed E-state index contributed by atoms with van der Waals surface area (Å²) in [6.45, 7) is 6.07. The van der Waals surface area contributed by atoms with Crippen LogP contribution >= 0.6 is 0 Å². The van der Waals surface area contributed by atoms with Gasteiger partial charge in [0.05, 0.1) is 22.8 Å². The van der Waals surface area contributed by atoms with Crippen molar-refractivity contribution in [2.75, 3.05) is 0 Å². The highest BCUT2D eigenvalue weighted by molar-refractivity contribution is 6.10. The number of rotatable bonds is 11. The Kier molecular flexibility index (Phi) is 11.1. The Morgan fingerprint density at radius 1 is 0.410 bits per heavy atom. The lowest BCUT2D eigenvalue weighted by molar-refractivity contribution is 1.07. The summed E-state index contributed by atoms with van der Waals surface area (Å²) in [6, 6.07) is 57.4. The van der Waals surface area contributed by atoms with Gasteiger partial charge in [-0.25, -0.2) is 15.0 Å². The van der Waals surface area contributed by atoms with Crippen LogP contribution in [0, 0.1) is 0 Å². The predicted molar refractivity (Wildman–Crippen MR) is 248 cm³/mol. The monoisotopic (exact) mass is 785 g/mol. The second-order valence-electron chi connectivity index (χ2n) is 14.3. The van der Waals surface area contributed by atoms with Crippen LogP contribution in [-0.4, -0.2) is 35.6 Å². The molecule has 5 aromatic carbocycles. The molecule has 7 heteroatoms. The van der Waals surface area contributed by atoms with Crippen molar-refractivity contribution in [3.63, 3.8) is 0 Å². The van der Waals surface area contributed by atoms with E-state index in [0.29, 0.717) is 17.5 Å². The third kappa shape index (κ3) is 8.63. The zero-order chi connectivity index (χ0) is 41.4. The number of aromatic nitrogens is 6. The number of benzene rings is 5. The van der Waals surface area contributed by atoms with Crippen LogP contribution < -0.4 is 0 Å². The lowest BCUT2D eigenvalue weighted by Crippen LogP contribution is -2.01. The second kappa shape index (κ2) is 17.7. The minimum Gasteiger partial charge on any atom is -0.257 e. The van der Waals surface area contributed by atoms with Crippen molar-refractivity contribution >= 4 is 5.71 Å². The molecule has 0 bridgehead atoms. The summed E-state index contributed by atoms with van der Waals surface area (Å²) in [6.07, 6.45) is 10.9. The molecule has 4 heterocycles. The molecule has 0 saturated carbocycles. The van der Waals surface area contributed by atoms with Crippen molar-refractivity contribution in [3.8, 4) is 90.2 Å². The molecule has 0 fully saturated rings. The molecule has 0 aliphatic heterocycles. The molecule has 0 atom stereocenters. The molecule has 61 heavy (non-hydrogen) atoms. The molecule has 4 aromatic heterocycles. The van der Waals surface area contributed by atoms with E-state index < -0.39 is 0 Å². The third-order valence-electron chi connectivity index (χ3n) is 10.2. The minimum atomic E-state index is 0.546. The molecule has 0 aliphatic rings. The molecular weight excluding hydrogens is 747 g/mol. The highest BCUT2D eigenvalue weighted by atomic mass is 15.0. The Bertz CT molecular complexity index is 2760. The Labute approximate surface area is 355 Å². The first-order valence-electron chi connectivity index (χ1n) is 20.0. The van der Waals surface area contributed by atoms with Crippen molar-refractivity contribution < 1.29 is 0 Å². The molecule has 9 rings (SSSR count). The van der Waals surface area contributed by atoms with Crippen molar-refractivity contribution in [2.24, 2.45) is 4.99 Å². The van der Waals surface area contributed by atoms with E-state index in [0.717, 1.165) is 84.0 Å². The van der Waals surface area contributed by atoms with E-state index in [1.807, 2.05) is 147 Å². The number of nitrogens with zero attached hydrogens (tertiary/aromatic N) is 7. The molecule has 0 aliphatic carbocycles. The number of hydrogen-bond donors (Lipinski definition) is 0. The van der Waals surface area contributed by atoms with Gasteiger partial charge in [0.15, 0.2) is 17.5 Å². The van der Waals surface area contributed by atoms with Gasteiger partial charge in [0.2, 0.25) is 0 Å². The van der Waals surface area contributed by atoms with E-state index in [1.165, 1.54) is 0 Å². The Balaban J connectivity index is 1.33. The average molecular weight is 786 g/mol. The van der Waals surface area contributed by atoms with Gasteiger partial charge in [-0.3, -0.25) is 19.9 Å². The van der Waals surface area contributed by atoms with Crippen LogP contribution in [0.25, 0.3) is 90.2 Å². The van der Waals surface area contributed by atoms with Crippen molar-refractivity contribution in [1.82, 2.24) is 29.9 Å². The molecule has 0 unspecified atom stereocenters. The summed E-state index contributed by atoms with van der Waals surface area (Å²) in [4.78, 5) is 34.3. The summed E-state index contributed by atoms with van der Waals surface area (Å²) < 4.78 is 0. The Morgan fingerprint density at radius 2 is 0.770 bits per heavy atom. The molecule has 0 N–H and O–H groups in total. The molecule has 0 radical (unpaired) electrons. The highest BCUT2D eigenvalue weighted by Gasteiger charge is 2.18. The van der Waals surface area contributed by atoms with Gasteiger partial charge in [-0.05, 0) is 126 Å². The summed E-state index contributed by atoms with van der Waals surface area (Å²) in [5, 5.41) is 0. The van der Waals surface area contributed by atoms with Crippen LogP contribution in [-0.2, 0) is 0 Å². The average Bonchev–Trinajstić information content (AvgIpc) is 3.35. The van der Waals surface area contributed by atoms with Crippen LogP contribution in [0.3, 0.4) is 0 Å². The van der Waals surface area contributed by atoms with Crippen LogP contribution in [0.1, 0.15) is 12.5 Å². The van der Waals surface area contributed by atoms with Gasteiger partial charge in [0.1, 0.15) is 0 Å². The van der Waals surface area contributed by atoms with Crippen LogP contribution in [0.2, 0.25) is 0 Å². The maximum absolute atomic E-state index is 5.16. The van der Waals surface area contributed by atoms with E-state index in [-0.39, 0.29) is 0 Å². The van der Waals surface area contributed by atoms with E-state index in [9.17, 15) is 0 Å². The first-order valence-corrected chi connectivity index (χ1v) is 20.0. The molecule has 0 spiro atoms. The fraction of sp³-hybridized carbons (Fsp3) is 0.0185. The maximum atomic E-state index is 5.16. The van der Waals surface area contributed by atoms with E-state index >= 15 is 0 Å². The Morgan fingerprint density at radius 3 is 1.20 bits per heavy atom. The van der Waals surface area contributed by atoms with Gasteiger partial charge < -0.3 is 0 Å². The minimum absolute atomic E-state index is 0.546. The SMILES string of the molecule is C=CC(=N/C=C\C)c1cc(-c2cc(-c3cc(-c4ccccn4)cc(-c4ccccn4)c3)cc(-c3nc(-c4ccccc4)nc(-c4ccccc4)n3)c2)cc(-c2ccccn2)c1. The summed E-state index contributed by atoms with van der Waals surface area (Å²) in [5.41, 5.74) is 13.6. The highest BCUT2D eigenvalue weighted by Crippen LogP contribution is 2.38. The van der Waals surface area contributed by atoms with Gasteiger partial charge in [-0.15, -0.1) is 0 Å². The lowest BCUT2D eigenvalue weighted by Gasteiger charge is -2.16. The van der Waals surface area contributed by atoms with E-state index in [1.54, 1.807) is 12.3 Å². The largest absolute Gasteiger partial charge is 0.257 e. The van der Waals surface area contributed by atoms with Gasteiger partial charge in [0.25, 0.3) is 0 Å². The molecule has 9 aromatic rings.